The van der Waals surface area contributed by atoms with E-state index in [4.69, 9.17) is 0 Å². The van der Waals surface area contributed by atoms with Crippen molar-refractivity contribution in [3.05, 3.63) is 24.3 Å². The van der Waals surface area contributed by atoms with Crippen molar-refractivity contribution < 1.29 is 9.59 Å². The van der Waals surface area contributed by atoms with E-state index in [0.29, 0.717) is 0 Å². The molecule has 0 atom stereocenters. The van der Waals surface area contributed by atoms with E-state index < -0.39 is 5.78 Å². The highest BCUT2D eigenvalue weighted by molar-refractivity contribution is 6.32. The summed E-state index contributed by atoms with van der Waals surface area (Å²) in [5, 5.41) is 0. The van der Waals surface area contributed by atoms with E-state index in [1.807, 2.05) is 0 Å². The lowest BCUT2D eigenvalue weighted by Crippen LogP contribution is -2.02. The van der Waals surface area contributed by atoms with Gasteiger partial charge in [-0.05, 0) is 6.07 Å². The second-order valence-corrected chi connectivity index (χ2v) is 1.58. The number of rotatable bonds is 2. The topological polar surface area (TPSA) is 59.9 Å². The van der Waals surface area contributed by atoms with Gasteiger partial charge in [0, 0.05) is 6.20 Å². The number of ketones is 1. The Morgan fingerprint density at radius 1 is 1.60 bits per heavy atom. The minimum atomic E-state index is -0.623. The van der Waals surface area contributed by atoms with Crippen LogP contribution in [0.1, 0.15) is 10.5 Å². The van der Waals surface area contributed by atoms with Crippen molar-refractivity contribution in [1.29, 1.82) is 0 Å². The minimum absolute atomic E-state index is 0.130. The van der Waals surface area contributed by atoms with Crippen LogP contribution < -0.4 is 0 Å². The number of hydrogen-bond donors (Lipinski definition) is 0. The molecule has 0 aliphatic carbocycles. The van der Waals surface area contributed by atoms with Gasteiger partial charge in [-0.15, -0.1) is 0 Å². The molecular weight excluding hydrogens is 132 g/mol. The van der Waals surface area contributed by atoms with Crippen LogP contribution in [-0.4, -0.2) is 22.0 Å². The van der Waals surface area contributed by atoms with Crippen molar-refractivity contribution >= 4 is 12.1 Å². The van der Waals surface area contributed by atoms with Gasteiger partial charge < -0.3 is 0 Å². The zero-order valence-electron chi connectivity index (χ0n) is 5.02. The normalized spacial score (nSPS) is 8.80. The summed E-state index contributed by atoms with van der Waals surface area (Å²) in [5.41, 5.74) is 0.130. The number of Topliss-reactive ketones (excluding diaryl/α,β-unsaturated/α-hetero) is 1. The minimum Gasteiger partial charge on any atom is -0.294 e. The maximum absolute atomic E-state index is 10.6. The van der Waals surface area contributed by atoms with Gasteiger partial charge in [-0.1, -0.05) is 0 Å². The molecule has 0 aliphatic heterocycles. The molecule has 0 radical (unpaired) electrons. The van der Waals surface area contributed by atoms with Gasteiger partial charge >= 0.3 is 0 Å². The third kappa shape index (κ3) is 1.22. The first-order valence-electron chi connectivity index (χ1n) is 2.60. The zero-order chi connectivity index (χ0) is 7.40. The number of aromatic nitrogens is 2. The van der Waals surface area contributed by atoms with Crippen LogP contribution in [0.4, 0.5) is 0 Å². The Labute approximate surface area is 56.9 Å². The van der Waals surface area contributed by atoms with E-state index in [2.05, 4.69) is 9.97 Å². The molecule has 0 amide bonds. The summed E-state index contributed by atoms with van der Waals surface area (Å²) < 4.78 is 0. The summed E-state index contributed by atoms with van der Waals surface area (Å²) in [5.74, 6) is -0.623. The molecule has 4 nitrogen and oxygen atoms in total. The number of carbonyl (C=O) groups is 2. The van der Waals surface area contributed by atoms with Gasteiger partial charge in [0.1, 0.15) is 12.0 Å². The lowest BCUT2D eigenvalue weighted by atomic mass is 10.3. The summed E-state index contributed by atoms with van der Waals surface area (Å²) in [6.07, 6.45) is 2.85. The Kier molecular flexibility index (Phi) is 1.84. The van der Waals surface area contributed by atoms with E-state index in [0.717, 1.165) is 0 Å². The van der Waals surface area contributed by atoms with E-state index in [1.165, 1.54) is 18.6 Å². The van der Waals surface area contributed by atoms with Gasteiger partial charge in [0.2, 0.25) is 5.78 Å². The molecule has 0 saturated carbocycles. The molecule has 0 aliphatic rings. The van der Waals surface area contributed by atoms with Crippen LogP contribution in [0.25, 0.3) is 0 Å². The molecular formula is C6H4N2O2. The highest BCUT2D eigenvalue weighted by Crippen LogP contribution is 1.88. The van der Waals surface area contributed by atoms with Crippen molar-refractivity contribution in [2.75, 3.05) is 0 Å². The van der Waals surface area contributed by atoms with Crippen molar-refractivity contribution in [3.63, 3.8) is 0 Å². The standard InChI is InChI=1S/C6H4N2O2/c9-3-6(10)5-1-2-7-4-8-5/h1-4H. The molecule has 10 heavy (non-hydrogen) atoms. The lowest BCUT2D eigenvalue weighted by molar-refractivity contribution is -0.104. The van der Waals surface area contributed by atoms with Crippen LogP contribution in [0.15, 0.2) is 18.6 Å². The molecule has 1 aromatic heterocycles. The molecule has 0 N–H and O–H groups in total. The summed E-state index contributed by atoms with van der Waals surface area (Å²) in [7, 11) is 0. The molecule has 0 bridgehead atoms. The fourth-order valence-corrected chi connectivity index (χ4v) is 0.497. The molecule has 0 fully saturated rings. The van der Waals surface area contributed by atoms with Gasteiger partial charge in [-0.25, -0.2) is 9.97 Å². The van der Waals surface area contributed by atoms with Crippen LogP contribution in [-0.2, 0) is 4.79 Å². The Bertz CT molecular complexity index is 245. The fourth-order valence-electron chi connectivity index (χ4n) is 0.497. The highest BCUT2D eigenvalue weighted by atomic mass is 16.2. The molecule has 0 unspecified atom stereocenters. The predicted octanol–water partition coefficient (Wildman–Crippen LogP) is -0.142. The van der Waals surface area contributed by atoms with Gasteiger partial charge in [0.05, 0.1) is 0 Å². The van der Waals surface area contributed by atoms with Gasteiger partial charge in [0.25, 0.3) is 0 Å². The van der Waals surface area contributed by atoms with E-state index in [9.17, 15) is 9.59 Å². The van der Waals surface area contributed by atoms with E-state index >= 15 is 0 Å². The molecule has 0 spiro atoms. The number of aldehydes is 1. The number of nitrogens with zero attached hydrogens (tertiary/aromatic N) is 2. The molecule has 1 heterocycles. The first kappa shape index (κ1) is 6.54. The third-order valence-electron chi connectivity index (χ3n) is 0.941. The Morgan fingerprint density at radius 2 is 2.40 bits per heavy atom. The monoisotopic (exact) mass is 136 g/mol. The average Bonchev–Trinajstić information content (AvgIpc) is 2.05. The summed E-state index contributed by atoms with van der Waals surface area (Å²) in [6.45, 7) is 0. The van der Waals surface area contributed by atoms with Crippen molar-refractivity contribution in [1.82, 2.24) is 9.97 Å². The van der Waals surface area contributed by atoms with Gasteiger partial charge in [-0.2, -0.15) is 0 Å². The van der Waals surface area contributed by atoms with Crippen LogP contribution in [0.3, 0.4) is 0 Å². The Morgan fingerprint density at radius 3 is 2.90 bits per heavy atom. The van der Waals surface area contributed by atoms with Crippen molar-refractivity contribution in [2.45, 2.75) is 0 Å². The number of hydrogen-bond acceptors (Lipinski definition) is 4. The smallest absolute Gasteiger partial charge is 0.243 e. The van der Waals surface area contributed by atoms with Gasteiger partial charge in [-0.3, -0.25) is 9.59 Å². The van der Waals surface area contributed by atoms with Crippen molar-refractivity contribution in [3.8, 4) is 0 Å². The Balaban J connectivity index is 2.95. The van der Waals surface area contributed by atoms with Crippen LogP contribution in [0, 0.1) is 0 Å². The van der Waals surface area contributed by atoms with Crippen LogP contribution >= 0.6 is 0 Å². The third-order valence-corrected chi connectivity index (χ3v) is 0.941. The summed E-state index contributed by atoms with van der Waals surface area (Å²) in [4.78, 5) is 27.6. The molecule has 4 heteroatoms. The molecule has 0 saturated heterocycles. The SMILES string of the molecule is O=CC(=O)c1ccncn1. The quantitative estimate of drug-likeness (QED) is 0.322. The lowest BCUT2D eigenvalue weighted by Gasteiger charge is -1.87. The second kappa shape index (κ2) is 2.82. The van der Waals surface area contributed by atoms with Gasteiger partial charge in [0.15, 0.2) is 6.29 Å². The maximum atomic E-state index is 10.6. The second-order valence-electron chi connectivity index (χ2n) is 1.58. The first-order chi connectivity index (χ1) is 4.84. The number of carbonyl (C=O) groups excluding carboxylic acids is 2. The Hall–Kier alpha value is -1.58. The predicted molar refractivity (Wildman–Crippen MR) is 32.4 cm³/mol. The molecule has 1 aromatic rings. The fraction of sp³-hybridized carbons (Fsp3) is 0. The highest BCUT2D eigenvalue weighted by Gasteiger charge is 2.02. The van der Waals surface area contributed by atoms with E-state index in [-0.39, 0.29) is 12.0 Å². The van der Waals surface area contributed by atoms with Crippen LogP contribution in [0.2, 0.25) is 0 Å². The maximum Gasteiger partial charge on any atom is 0.243 e. The largest absolute Gasteiger partial charge is 0.294 e. The summed E-state index contributed by atoms with van der Waals surface area (Å²) >= 11 is 0. The summed E-state index contributed by atoms with van der Waals surface area (Å²) in [6, 6.07) is 1.39. The van der Waals surface area contributed by atoms with E-state index in [1.54, 1.807) is 0 Å². The molecule has 50 valence electrons. The molecule has 0 aromatic carbocycles. The van der Waals surface area contributed by atoms with Crippen LogP contribution in [0.5, 0.6) is 0 Å². The zero-order valence-corrected chi connectivity index (χ0v) is 5.02. The first-order valence-corrected chi connectivity index (χ1v) is 2.60. The van der Waals surface area contributed by atoms with Crippen molar-refractivity contribution in [2.24, 2.45) is 0 Å². The average molecular weight is 136 g/mol. The molecule has 1 rings (SSSR count).